The van der Waals surface area contributed by atoms with E-state index in [1.807, 2.05) is 6.07 Å². The van der Waals surface area contributed by atoms with Crippen LogP contribution in [0.25, 0.3) is 5.65 Å². The maximum atomic E-state index is 14.0. The van der Waals surface area contributed by atoms with Crippen molar-refractivity contribution in [2.75, 3.05) is 6.61 Å². The summed E-state index contributed by atoms with van der Waals surface area (Å²) in [5, 5.41) is 10.0. The molecule has 1 N–H and O–H groups in total. The number of fused-ring (bicyclic) bond motifs is 1. The molecule has 170 valence electrons. The normalized spacial score (nSPS) is 13.1. The zero-order chi connectivity index (χ0) is 23.6. The molecule has 0 amide bonds. The lowest BCUT2D eigenvalue weighted by molar-refractivity contribution is 0.0909. The van der Waals surface area contributed by atoms with Gasteiger partial charge in [0.05, 0.1) is 17.9 Å². The van der Waals surface area contributed by atoms with Gasteiger partial charge in [-0.15, -0.1) is 0 Å². The first-order valence-corrected chi connectivity index (χ1v) is 10.4. The van der Waals surface area contributed by atoms with Crippen LogP contribution < -0.4 is 4.74 Å². The second-order valence-electron chi connectivity index (χ2n) is 8.13. The molecule has 1 aromatic carbocycles. The zero-order valence-electron chi connectivity index (χ0n) is 18.3. The Labute approximate surface area is 189 Å². The first-order valence-electron chi connectivity index (χ1n) is 10.4. The molecule has 0 fully saturated rings. The third kappa shape index (κ3) is 4.34. The lowest BCUT2D eigenvalue weighted by Gasteiger charge is -2.25. The van der Waals surface area contributed by atoms with E-state index >= 15 is 0 Å². The van der Waals surface area contributed by atoms with E-state index < -0.39 is 17.0 Å². The van der Waals surface area contributed by atoms with Crippen molar-refractivity contribution in [1.29, 1.82) is 0 Å². The van der Waals surface area contributed by atoms with Gasteiger partial charge in [0, 0.05) is 29.9 Å². The summed E-state index contributed by atoms with van der Waals surface area (Å²) in [5.41, 5.74) is 0.749. The number of ether oxygens (including phenoxy) is 1. The molecule has 4 aromatic rings. The second kappa shape index (κ2) is 9.07. The number of aliphatic hydroxyl groups is 1. The van der Waals surface area contributed by atoms with Gasteiger partial charge in [0.1, 0.15) is 23.9 Å². The molecule has 4 rings (SSSR count). The largest absolute Gasteiger partial charge is 0.485 e. The second-order valence-corrected chi connectivity index (χ2v) is 8.13. The minimum absolute atomic E-state index is 0.0146. The number of aromatic nitrogens is 3. The van der Waals surface area contributed by atoms with Crippen LogP contribution in [0.1, 0.15) is 40.8 Å². The Morgan fingerprint density at radius 3 is 2.55 bits per heavy atom. The number of carbonyl (C=O) groups excluding carboxylic acids is 1. The lowest BCUT2D eigenvalue weighted by atomic mass is 9.81. The van der Waals surface area contributed by atoms with Gasteiger partial charge in [0.2, 0.25) is 0 Å². The van der Waals surface area contributed by atoms with E-state index in [1.165, 1.54) is 18.2 Å². The first-order chi connectivity index (χ1) is 15.8. The molecule has 0 saturated carbocycles. The van der Waals surface area contributed by atoms with Crippen LogP contribution in [0, 0.1) is 18.6 Å². The van der Waals surface area contributed by atoms with Gasteiger partial charge in [-0.25, -0.2) is 13.8 Å². The van der Waals surface area contributed by atoms with Gasteiger partial charge < -0.3 is 9.84 Å². The van der Waals surface area contributed by atoms with Crippen LogP contribution in [0.4, 0.5) is 8.78 Å². The Kier molecular flexibility index (Phi) is 6.20. The highest BCUT2D eigenvalue weighted by molar-refractivity contribution is 5.97. The predicted octanol–water partition coefficient (Wildman–Crippen LogP) is 4.42. The highest BCUT2D eigenvalue weighted by Gasteiger charge is 2.32. The van der Waals surface area contributed by atoms with Crippen molar-refractivity contribution in [3.05, 3.63) is 95.2 Å². The van der Waals surface area contributed by atoms with Gasteiger partial charge >= 0.3 is 0 Å². The molecule has 0 spiro atoms. The number of nitrogens with zero attached hydrogens (tertiary/aromatic N) is 3. The van der Waals surface area contributed by atoms with Crippen LogP contribution >= 0.6 is 0 Å². The SMILES string of the molecule is Cc1nc2c(OCc3c(F)cccc3F)cccn2c1C(=O)C[C@@](C)(CO)c1ccccn1. The highest BCUT2D eigenvalue weighted by atomic mass is 19.1. The van der Waals surface area contributed by atoms with Crippen molar-refractivity contribution < 1.29 is 23.4 Å². The van der Waals surface area contributed by atoms with Crippen LogP contribution in [-0.4, -0.2) is 31.9 Å². The molecule has 8 heteroatoms. The van der Waals surface area contributed by atoms with Crippen molar-refractivity contribution in [3.8, 4) is 5.75 Å². The molecule has 0 saturated heterocycles. The molecule has 0 bridgehead atoms. The summed E-state index contributed by atoms with van der Waals surface area (Å²) in [7, 11) is 0. The van der Waals surface area contributed by atoms with Gasteiger partial charge in [-0.2, -0.15) is 0 Å². The fraction of sp³-hybridized carbons (Fsp3) is 0.240. The molecule has 0 unspecified atom stereocenters. The number of aryl methyl sites for hydroxylation is 1. The predicted molar refractivity (Wildman–Crippen MR) is 118 cm³/mol. The summed E-state index contributed by atoms with van der Waals surface area (Å²) < 4.78 is 35.2. The first kappa shape index (κ1) is 22.5. The number of pyridine rings is 2. The number of imidazole rings is 1. The molecular formula is C25H23F2N3O3. The van der Waals surface area contributed by atoms with Crippen molar-refractivity contribution in [2.24, 2.45) is 0 Å². The number of hydrogen-bond donors (Lipinski definition) is 1. The van der Waals surface area contributed by atoms with Crippen molar-refractivity contribution in [3.63, 3.8) is 0 Å². The Bertz CT molecular complexity index is 1290. The van der Waals surface area contributed by atoms with Crippen molar-refractivity contribution in [1.82, 2.24) is 14.4 Å². The molecule has 0 radical (unpaired) electrons. The monoisotopic (exact) mass is 451 g/mol. The number of benzene rings is 1. The van der Waals surface area contributed by atoms with E-state index in [2.05, 4.69) is 9.97 Å². The van der Waals surface area contributed by atoms with Gasteiger partial charge in [-0.05, 0) is 43.3 Å². The van der Waals surface area contributed by atoms with Gasteiger partial charge in [-0.1, -0.05) is 19.1 Å². The van der Waals surface area contributed by atoms with E-state index in [-0.39, 0.29) is 36.7 Å². The fourth-order valence-electron chi connectivity index (χ4n) is 3.81. The van der Waals surface area contributed by atoms with Crippen LogP contribution in [0.5, 0.6) is 5.75 Å². The van der Waals surface area contributed by atoms with Gasteiger partial charge in [-0.3, -0.25) is 14.2 Å². The summed E-state index contributed by atoms with van der Waals surface area (Å²) >= 11 is 0. The van der Waals surface area contributed by atoms with Crippen molar-refractivity contribution >= 4 is 11.4 Å². The Balaban J connectivity index is 1.64. The zero-order valence-corrected chi connectivity index (χ0v) is 18.3. The van der Waals surface area contributed by atoms with E-state index in [1.54, 1.807) is 54.9 Å². The van der Waals surface area contributed by atoms with Gasteiger partial charge in [0.15, 0.2) is 17.2 Å². The molecule has 1 atom stereocenters. The average Bonchev–Trinajstić information content (AvgIpc) is 3.16. The number of halogens is 2. The molecule has 3 aromatic heterocycles. The summed E-state index contributed by atoms with van der Waals surface area (Å²) in [6.07, 6.45) is 3.31. The van der Waals surface area contributed by atoms with E-state index in [4.69, 9.17) is 4.74 Å². The maximum absolute atomic E-state index is 14.0. The number of ketones is 1. The quantitative estimate of drug-likeness (QED) is 0.402. The minimum atomic E-state index is -0.870. The molecule has 3 heterocycles. The van der Waals surface area contributed by atoms with Crippen LogP contribution in [-0.2, 0) is 12.0 Å². The number of aliphatic hydroxyl groups excluding tert-OH is 1. The summed E-state index contributed by atoms with van der Waals surface area (Å²) in [4.78, 5) is 22.1. The van der Waals surface area contributed by atoms with E-state index in [0.717, 1.165) is 0 Å². The molecule has 0 aliphatic carbocycles. The van der Waals surface area contributed by atoms with Crippen LogP contribution in [0.15, 0.2) is 60.9 Å². The average molecular weight is 451 g/mol. The number of hydrogen-bond acceptors (Lipinski definition) is 5. The Hall–Kier alpha value is -3.65. The molecule has 0 aliphatic rings. The molecule has 6 nitrogen and oxygen atoms in total. The lowest BCUT2D eigenvalue weighted by Crippen LogP contribution is -2.31. The standard InChI is InChI=1S/C25H23F2N3O3/c1-16-23(20(32)13-25(2,15-31)22-10-3-4-11-28-22)30-12-6-9-21(24(30)29-16)33-14-17-18(26)7-5-8-19(17)27/h3-12,31H,13-15H2,1-2H3/t25-/m0/s1. The molecule has 33 heavy (non-hydrogen) atoms. The number of carbonyl (C=O) groups is 1. The van der Waals surface area contributed by atoms with Crippen LogP contribution in [0.3, 0.4) is 0 Å². The molecule has 0 aliphatic heterocycles. The Morgan fingerprint density at radius 2 is 1.88 bits per heavy atom. The fourth-order valence-corrected chi connectivity index (χ4v) is 3.81. The number of rotatable bonds is 8. The van der Waals surface area contributed by atoms with Crippen molar-refractivity contribution in [2.45, 2.75) is 32.3 Å². The van der Waals surface area contributed by atoms with Gasteiger partial charge in [0.25, 0.3) is 0 Å². The maximum Gasteiger partial charge on any atom is 0.182 e. The molecular weight excluding hydrogens is 428 g/mol. The minimum Gasteiger partial charge on any atom is -0.485 e. The summed E-state index contributed by atoms with van der Waals surface area (Å²) in [6, 6.07) is 12.3. The van der Waals surface area contributed by atoms with E-state index in [0.29, 0.717) is 22.7 Å². The van der Waals surface area contributed by atoms with E-state index in [9.17, 15) is 18.7 Å². The number of Topliss-reactive ketones (excluding diaryl/α,β-unsaturated/α-hetero) is 1. The third-order valence-corrected chi connectivity index (χ3v) is 5.67. The smallest absolute Gasteiger partial charge is 0.182 e. The third-order valence-electron chi connectivity index (χ3n) is 5.67. The Morgan fingerprint density at radius 1 is 1.12 bits per heavy atom. The topological polar surface area (TPSA) is 76.7 Å². The highest BCUT2D eigenvalue weighted by Crippen LogP contribution is 2.30. The van der Waals surface area contributed by atoms with Crippen LogP contribution in [0.2, 0.25) is 0 Å². The summed E-state index contributed by atoms with van der Waals surface area (Å²) in [5.74, 6) is -1.33. The summed E-state index contributed by atoms with van der Waals surface area (Å²) in [6.45, 7) is 2.91.